The minimum Gasteiger partial charge on any atom is -0.310 e. The number of rotatable bonds is 6. The van der Waals surface area contributed by atoms with Crippen molar-refractivity contribution in [1.29, 1.82) is 0 Å². The van der Waals surface area contributed by atoms with Crippen molar-refractivity contribution in [3.63, 3.8) is 0 Å². The van der Waals surface area contributed by atoms with E-state index in [1.807, 2.05) is 0 Å². The number of aryl methyl sites for hydroxylation is 2. The standard InChI is InChI=1S/C54H43N/c1-36-22-26-39(27-23-36)54(40-28-24-37(2)25-29-40)49-20-12-9-18-45(49)47-33-31-42(35-51(47)54)55(52-21-13-10-16-43(52)38-14-6-5-7-15-38)41-30-32-46-44-17-8-11-19-48(44)53(3,4)50(46)34-41/h5-35H,1-4H3. The van der Waals surface area contributed by atoms with E-state index >= 15 is 0 Å². The van der Waals surface area contributed by atoms with Gasteiger partial charge in [-0.1, -0.05) is 183 Å². The monoisotopic (exact) mass is 705 g/mol. The van der Waals surface area contributed by atoms with Gasteiger partial charge in [-0.15, -0.1) is 0 Å². The Morgan fingerprint density at radius 2 is 0.818 bits per heavy atom. The van der Waals surface area contributed by atoms with Gasteiger partial charge in [0.25, 0.3) is 0 Å². The van der Waals surface area contributed by atoms with Gasteiger partial charge in [0.1, 0.15) is 0 Å². The molecule has 0 unspecified atom stereocenters. The van der Waals surface area contributed by atoms with Crippen LogP contribution in [0.1, 0.15) is 58.4 Å². The third-order valence-electron chi connectivity index (χ3n) is 12.3. The molecule has 0 fully saturated rings. The number of hydrogen-bond acceptors (Lipinski definition) is 1. The van der Waals surface area contributed by atoms with Crippen LogP contribution in [0.4, 0.5) is 17.1 Å². The highest BCUT2D eigenvalue weighted by Gasteiger charge is 2.46. The Labute approximate surface area is 325 Å². The molecule has 8 aromatic rings. The van der Waals surface area contributed by atoms with Gasteiger partial charge in [-0.05, 0) is 105 Å². The molecule has 0 aliphatic heterocycles. The van der Waals surface area contributed by atoms with E-state index in [1.54, 1.807) is 0 Å². The highest BCUT2D eigenvalue weighted by Crippen LogP contribution is 2.58. The lowest BCUT2D eigenvalue weighted by Crippen LogP contribution is -2.29. The van der Waals surface area contributed by atoms with Crippen molar-refractivity contribution in [2.24, 2.45) is 0 Å². The fourth-order valence-corrected chi connectivity index (χ4v) is 9.59. The van der Waals surface area contributed by atoms with Crippen LogP contribution in [-0.2, 0) is 10.8 Å². The average Bonchev–Trinajstić information content (AvgIpc) is 3.64. The molecule has 0 radical (unpaired) electrons. The summed E-state index contributed by atoms with van der Waals surface area (Å²) in [5, 5.41) is 0. The van der Waals surface area contributed by atoms with Crippen LogP contribution in [0.3, 0.4) is 0 Å². The van der Waals surface area contributed by atoms with Crippen LogP contribution >= 0.6 is 0 Å². The lowest BCUT2D eigenvalue weighted by atomic mass is 9.67. The lowest BCUT2D eigenvalue weighted by Gasteiger charge is -2.35. The van der Waals surface area contributed by atoms with Gasteiger partial charge in [0.15, 0.2) is 0 Å². The molecule has 0 spiro atoms. The molecule has 0 aromatic heterocycles. The number of nitrogens with zero attached hydrogens (tertiary/aromatic N) is 1. The number of fused-ring (bicyclic) bond motifs is 6. The van der Waals surface area contributed by atoms with E-state index in [0.717, 1.165) is 17.1 Å². The Morgan fingerprint density at radius 3 is 1.44 bits per heavy atom. The minimum atomic E-state index is -0.504. The van der Waals surface area contributed by atoms with Crippen LogP contribution in [0.25, 0.3) is 33.4 Å². The molecule has 0 bridgehead atoms. The Hall–Kier alpha value is -6.44. The van der Waals surface area contributed by atoms with Gasteiger partial charge >= 0.3 is 0 Å². The van der Waals surface area contributed by atoms with E-state index in [4.69, 9.17) is 0 Å². The molecule has 2 aliphatic rings. The Morgan fingerprint density at radius 1 is 0.364 bits per heavy atom. The van der Waals surface area contributed by atoms with E-state index in [9.17, 15) is 0 Å². The average molecular weight is 706 g/mol. The summed E-state index contributed by atoms with van der Waals surface area (Å²) in [5.41, 5.74) is 20.8. The van der Waals surface area contributed by atoms with Crippen LogP contribution in [0.2, 0.25) is 0 Å². The van der Waals surface area contributed by atoms with E-state index in [2.05, 4.69) is 221 Å². The Kier molecular flexibility index (Phi) is 7.58. The van der Waals surface area contributed by atoms with Crippen LogP contribution in [0, 0.1) is 13.8 Å². The largest absolute Gasteiger partial charge is 0.310 e. The maximum absolute atomic E-state index is 2.50. The van der Waals surface area contributed by atoms with Gasteiger partial charge in [-0.2, -0.15) is 0 Å². The highest BCUT2D eigenvalue weighted by molar-refractivity contribution is 5.93. The first kappa shape index (κ1) is 33.2. The molecule has 8 aromatic carbocycles. The Balaban J connectivity index is 1.26. The van der Waals surface area contributed by atoms with E-state index in [0.29, 0.717) is 0 Å². The van der Waals surface area contributed by atoms with Crippen LogP contribution in [-0.4, -0.2) is 0 Å². The van der Waals surface area contributed by atoms with Crippen molar-refractivity contribution in [3.8, 4) is 33.4 Å². The molecule has 1 nitrogen and oxygen atoms in total. The van der Waals surface area contributed by atoms with Crippen LogP contribution < -0.4 is 4.90 Å². The van der Waals surface area contributed by atoms with Crippen molar-refractivity contribution in [2.45, 2.75) is 38.5 Å². The first-order chi connectivity index (χ1) is 26.9. The van der Waals surface area contributed by atoms with Gasteiger partial charge in [0.2, 0.25) is 0 Å². The van der Waals surface area contributed by atoms with Gasteiger partial charge in [-0.3, -0.25) is 0 Å². The predicted molar refractivity (Wildman–Crippen MR) is 231 cm³/mol. The van der Waals surface area contributed by atoms with Gasteiger partial charge in [0, 0.05) is 22.4 Å². The number of benzene rings is 8. The van der Waals surface area contributed by atoms with Gasteiger partial charge < -0.3 is 4.90 Å². The summed E-state index contributed by atoms with van der Waals surface area (Å²) in [5.74, 6) is 0. The van der Waals surface area contributed by atoms with Crippen molar-refractivity contribution in [3.05, 3.63) is 233 Å². The molecule has 0 atom stereocenters. The third-order valence-corrected chi connectivity index (χ3v) is 12.3. The SMILES string of the molecule is Cc1ccc(C2(c3ccc(C)cc3)c3ccccc3-c3ccc(N(c4ccc5c(c4)C(C)(C)c4ccccc4-5)c4ccccc4-c4ccccc4)cc32)cc1. The van der Waals surface area contributed by atoms with Gasteiger partial charge in [-0.25, -0.2) is 0 Å². The second-order valence-corrected chi connectivity index (χ2v) is 15.9. The fourth-order valence-electron chi connectivity index (χ4n) is 9.59. The second-order valence-electron chi connectivity index (χ2n) is 15.9. The summed E-state index contributed by atoms with van der Waals surface area (Å²) in [4.78, 5) is 2.50. The maximum Gasteiger partial charge on any atom is 0.0714 e. The smallest absolute Gasteiger partial charge is 0.0714 e. The minimum absolute atomic E-state index is 0.127. The van der Waals surface area contributed by atoms with Crippen LogP contribution in [0.5, 0.6) is 0 Å². The zero-order chi connectivity index (χ0) is 37.3. The molecule has 0 amide bonds. The summed E-state index contributed by atoms with van der Waals surface area (Å²) in [6.45, 7) is 9.09. The number of hydrogen-bond donors (Lipinski definition) is 0. The second kappa shape index (κ2) is 12.6. The molecule has 0 heterocycles. The molecule has 1 heteroatoms. The molecule has 264 valence electrons. The quantitative estimate of drug-likeness (QED) is 0.166. The predicted octanol–water partition coefficient (Wildman–Crippen LogP) is 14.1. The summed E-state index contributed by atoms with van der Waals surface area (Å²) >= 11 is 0. The van der Waals surface area contributed by atoms with E-state index in [1.165, 1.54) is 77.9 Å². The zero-order valence-corrected chi connectivity index (χ0v) is 31.8. The highest BCUT2D eigenvalue weighted by atomic mass is 15.1. The molecule has 0 saturated carbocycles. The normalized spacial score (nSPS) is 14.1. The summed E-state index contributed by atoms with van der Waals surface area (Å²) in [6, 6.07) is 70.4. The molecular formula is C54H43N. The fraction of sp³-hybridized carbons (Fsp3) is 0.111. The van der Waals surface area contributed by atoms with E-state index in [-0.39, 0.29) is 5.41 Å². The molecule has 0 saturated heterocycles. The molecular weight excluding hydrogens is 663 g/mol. The van der Waals surface area contributed by atoms with Gasteiger partial charge in [0.05, 0.1) is 11.1 Å². The van der Waals surface area contributed by atoms with Crippen molar-refractivity contribution in [2.75, 3.05) is 4.90 Å². The number of anilines is 3. The first-order valence-electron chi connectivity index (χ1n) is 19.4. The topological polar surface area (TPSA) is 3.24 Å². The van der Waals surface area contributed by atoms with Crippen LogP contribution in [0.15, 0.2) is 188 Å². The summed E-state index contributed by atoms with van der Waals surface area (Å²) < 4.78 is 0. The van der Waals surface area contributed by atoms with Crippen molar-refractivity contribution < 1.29 is 0 Å². The van der Waals surface area contributed by atoms with E-state index < -0.39 is 5.41 Å². The molecule has 2 aliphatic carbocycles. The third kappa shape index (κ3) is 5.00. The Bertz CT molecular complexity index is 2690. The molecule has 10 rings (SSSR count). The maximum atomic E-state index is 2.50. The first-order valence-corrected chi connectivity index (χ1v) is 19.4. The molecule has 0 N–H and O–H groups in total. The molecule has 55 heavy (non-hydrogen) atoms. The van der Waals surface area contributed by atoms with Crippen molar-refractivity contribution >= 4 is 17.1 Å². The van der Waals surface area contributed by atoms with Crippen molar-refractivity contribution in [1.82, 2.24) is 0 Å². The number of para-hydroxylation sites is 1. The lowest BCUT2D eigenvalue weighted by molar-refractivity contribution is 0.660. The zero-order valence-electron chi connectivity index (χ0n) is 31.8. The summed E-state index contributed by atoms with van der Waals surface area (Å²) in [6.07, 6.45) is 0. The summed E-state index contributed by atoms with van der Waals surface area (Å²) in [7, 11) is 0.